The van der Waals surface area contributed by atoms with E-state index in [0.717, 1.165) is 5.56 Å². The first-order valence-corrected chi connectivity index (χ1v) is 12.0. The van der Waals surface area contributed by atoms with Crippen molar-refractivity contribution in [1.29, 1.82) is 0 Å². The molecule has 0 fully saturated rings. The van der Waals surface area contributed by atoms with Crippen LogP contribution in [0.2, 0.25) is 0 Å². The highest BCUT2D eigenvalue weighted by atomic mass is 16.6. The summed E-state index contributed by atoms with van der Waals surface area (Å²) in [4.78, 5) is 49.0. The zero-order valence-electron chi connectivity index (χ0n) is 21.0. The van der Waals surface area contributed by atoms with Crippen molar-refractivity contribution >= 4 is 23.9 Å². The van der Waals surface area contributed by atoms with E-state index < -0.39 is 24.0 Å². The normalized spacial score (nSPS) is 11.9. The van der Waals surface area contributed by atoms with Crippen LogP contribution in [0.5, 0.6) is 0 Å². The highest BCUT2D eigenvalue weighted by molar-refractivity contribution is 5.86. The van der Waals surface area contributed by atoms with Crippen molar-refractivity contribution in [3.8, 4) is 0 Å². The number of aliphatic hydroxyl groups excluding tert-OH is 1. The van der Waals surface area contributed by atoms with E-state index in [0.29, 0.717) is 0 Å². The predicted molar refractivity (Wildman–Crippen MR) is 136 cm³/mol. The van der Waals surface area contributed by atoms with Gasteiger partial charge in [0.05, 0.1) is 32.3 Å². The van der Waals surface area contributed by atoms with Crippen LogP contribution in [-0.4, -0.2) is 74.5 Å². The van der Waals surface area contributed by atoms with Gasteiger partial charge < -0.3 is 35.3 Å². The summed E-state index contributed by atoms with van der Waals surface area (Å²) in [7, 11) is 0. The first-order chi connectivity index (χ1) is 17.9. The third-order valence-electron chi connectivity index (χ3n) is 4.90. The van der Waals surface area contributed by atoms with Crippen molar-refractivity contribution in [2.75, 3.05) is 39.5 Å². The molecule has 1 aromatic carbocycles. The molecule has 0 heterocycles. The average molecular weight is 520 g/mol. The van der Waals surface area contributed by atoms with Gasteiger partial charge in [0.2, 0.25) is 11.8 Å². The fourth-order valence-electron chi connectivity index (χ4n) is 3.07. The van der Waals surface area contributed by atoms with E-state index in [4.69, 9.17) is 19.3 Å². The minimum atomic E-state index is -0.991. The number of aliphatic hydroxyl groups is 1. The van der Waals surface area contributed by atoms with Gasteiger partial charge in [-0.2, -0.15) is 0 Å². The van der Waals surface area contributed by atoms with Crippen LogP contribution in [0.15, 0.2) is 55.6 Å². The number of hydrogen-bond acceptors (Lipinski definition) is 8. The van der Waals surface area contributed by atoms with Gasteiger partial charge in [0, 0.05) is 13.0 Å². The molecule has 204 valence electrons. The molecular weight excluding hydrogens is 482 g/mol. The third kappa shape index (κ3) is 14.5. The number of ether oxygens (including phenoxy) is 3. The summed E-state index contributed by atoms with van der Waals surface area (Å²) in [5.41, 5.74) is 0.801. The lowest BCUT2D eigenvalue weighted by Crippen LogP contribution is -2.42. The zero-order valence-corrected chi connectivity index (χ0v) is 21.0. The van der Waals surface area contributed by atoms with Gasteiger partial charge in [0.25, 0.3) is 0 Å². The van der Waals surface area contributed by atoms with Gasteiger partial charge >= 0.3 is 12.1 Å². The molecule has 0 saturated carbocycles. The molecule has 0 bridgehead atoms. The molecule has 0 unspecified atom stereocenters. The molecule has 0 aliphatic carbocycles. The van der Waals surface area contributed by atoms with E-state index in [1.165, 1.54) is 6.08 Å². The molecule has 1 rings (SSSR count). The Balaban J connectivity index is 2.39. The second-order valence-corrected chi connectivity index (χ2v) is 7.85. The summed E-state index contributed by atoms with van der Waals surface area (Å²) in [5, 5.41) is 16.4. The Morgan fingerprint density at radius 2 is 1.62 bits per heavy atom. The Hall–Kier alpha value is -3.70. The maximum atomic E-state index is 12.5. The molecule has 0 radical (unpaired) electrons. The second-order valence-electron chi connectivity index (χ2n) is 7.85. The summed E-state index contributed by atoms with van der Waals surface area (Å²) in [6.07, 6.45) is 2.61. The molecule has 3 amide bonds. The smallest absolute Gasteiger partial charge is 0.408 e. The summed E-state index contributed by atoms with van der Waals surface area (Å²) < 4.78 is 15.4. The highest BCUT2D eigenvalue weighted by Gasteiger charge is 2.23. The summed E-state index contributed by atoms with van der Waals surface area (Å²) in [6.45, 7) is 7.74. The van der Waals surface area contributed by atoms with Crippen molar-refractivity contribution in [2.24, 2.45) is 5.92 Å². The van der Waals surface area contributed by atoms with E-state index in [1.54, 1.807) is 18.2 Å². The highest BCUT2D eigenvalue weighted by Crippen LogP contribution is 2.09. The molecule has 0 aliphatic rings. The fraction of sp³-hybridized carbons (Fsp3) is 0.462. The van der Waals surface area contributed by atoms with Crippen LogP contribution >= 0.6 is 0 Å². The minimum absolute atomic E-state index is 0.0219. The maximum Gasteiger partial charge on any atom is 0.408 e. The third-order valence-corrected chi connectivity index (χ3v) is 4.90. The van der Waals surface area contributed by atoms with Crippen LogP contribution in [0.3, 0.4) is 0 Å². The van der Waals surface area contributed by atoms with E-state index in [9.17, 15) is 19.2 Å². The number of nitrogens with one attached hydrogen (secondary N) is 3. The van der Waals surface area contributed by atoms with Crippen LogP contribution in [-0.2, 0) is 35.2 Å². The molecule has 0 saturated heterocycles. The molecule has 4 N–H and O–H groups in total. The van der Waals surface area contributed by atoms with Crippen LogP contribution in [0.4, 0.5) is 4.79 Å². The van der Waals surface area contributed by atoms with Gasteiger partial charge in [-0.1, -0.05) is 42.5 Å². The second kappa shape index (κ2) is 19.5. The van der Waals surface area contributed by atoms with Crippen LogP contribution in [0.25, 0.3) is 0 Å². The number of amides is 3. The number of alkyl carbamates (subject to hydrolysis) is 1. The first kappa shape index (κ1) is 31.3. The first-order valence-electron chi connectivity index (χ1n) is 12.0. The Morgan fingerprint density at radius 3 is 2.30 bits per heavy atom. The largest absolute Gasteiger partial charge is 0.462 e. The lowest BCUT2D eigenvalue weighted by atomic mass is 10.00. The molecule has 1 aromatic rings. The van der Waals surface area contributed by atoms with E-state index in [-0.39, 0.29) is 77.2 Å². The van der Waals surface area contributed by atoms with Crippen LogP contribution in [0, 0.1) is 5.92 Å². The number of carbonyl (C=O) groups excluding carboxylic acids is 4. The van der Waals surface area contributed by atoms with E-state index in [2.05, 4.69) is 29.1 Å². The molecule has 11 heteroatoms. The molecular formula is C26H37N3O8. The van der Waals surface area contributed by atoms with Crippen molar-refractivity contribution in [2.45, 2.75) is 31.9 Å². The van der Waals surface area contributed by atoms with E-state index >= 15 is 0 Å². The fourth-order valence-corrected chi connectivity index (χ4v) is 3.07. The van der Waals surface area contributed by atoms with Crippen molar-refractivity contribution < 1.29 is 38.5 Å². The quantitative estimate of drug-likeness (QED) is 0.121. The van der Waals surface area contributed by atoms with Gasteiger partial charge in [-0.25, -0.2) is 9.59 Å². The molecule has 11 nitrogen and oxygen atoms in total. The molecule has 2 atom stereocenters. The predicted octanol–water partition coefficient (Wildman–Crippen LogP) is 1.22. The van der Waals surface area contributed by atoms with E-state index in [1.807, 2.05) is 18.2 Å². The monoisotopic (exact) mass is 519 g/mol. The SMILES string of the molecule is C=CC[C@@H](CC(=O)NCCOCCO)C(=O)NCCOC(=O)[C@@H](CC=C)NC(=O)OCc1ccccc1. The minimum Gasteiger partial charge on any atom is -0.462 e. The number of rotatable bonds is 19. The zero-order chi connectivity index (χ0) is 27.3. The van der Waals surface area contributed by atoms with Crippen molar-refractivity contribution in [1.82, 2.24) is 16.0 Å². The Bertz CT molecular complexity index is 863. The number of benzene rings is 1. The van der Waals surface area contributed by atoms with Crippen molar-refractivity contribution in [3.63, 3.8) is 0 Å². The van der Waals surface area contributed by atoms with Crippen molar-refractivity contribution in [3.05, 3.63) is 61.2 Å². The summed E-state index contributed by atoms with van der Waals surface area (Å²) in [6, 6.07) is 8.10. The van der Waals surface area contributed by atoms with Crippen LogP contribution in [0.1, 0.15) is 24.8 Å². The van der Waals surface area contributed by atoms with Gasteiger partial charge in [0.15, 0.2) is 0 Å². The molecule has 0 aromatic heterocycles. The molecule has 0 aliphatic heterocycles. The Morgan fingerprint density at radius 1 is 0.919 bits per heavy atom. The van der Waals surface area contributed by atoms with Gasteiger partial charge in [-0.3, -0.25) is 9.59 Å². The Labute approximate surface area is 217 Å². The molecule has 0 spiro atoms. The lowest BCUT2D eigenvalue weighted by Gasteiger charge is -2.17. The average Bonchev–Trinajstić information content (AvgIpc) is 2.89. The number of carbonyl (C=O) groups is 4. The topological polar surface area (TPSA) is 152 Å². The van der Waals surface area contributed by atoms with Gasteiger partial charge in [0.1, 0.15) is 19.3 Å². The number of allylic oxidation sites excluding steroid dienone is 1. The molecule has 37 heavy (non-hydrogen) atoms. The van der Waals surface area contributed by atoms with Crippen LogP contribution < -0.4 is 16.0 Å². The summed E-state index contributed by atoms with van der Waals surface area (Å²) in [5.74, 6) is -2.04. The lowest BCUT2D eigenvalue weighted by molar-refractivity contribution is -0.146. The Kier molecular flexibility index (Phi) is 16.5. The standard InChI is InChI=1S/C26H37N3O8/c1-3-8-21(18-23(31)27-12-15-35-17-14-30)24(32)28-13-16-36-25(33)22(9-4-2)29-26(34)37-19-20-10-6-5-7-11-20/h3-7,10-11,21-22,30H,1-2,8-9,12-19H2,(H,27,31)(H,28,32)(H,29,34)/t21-,22+/m0/s1. The van der Waals surface area contributed by atoms with Gasteiger partial charge in [-0.05, 0) is 18.4 Å². The number of hydrogen-bond donors (Lipinski definition) is 4. The summed E-state index contributed by atoms with van der Waals surface area (Å²) >= 11 is 0. The maximum absolute atomic E-state index is 12.5. The van der Waals surface area contributed by atoms with Gasteiger partial charge in [-0.15, -0.1) is 13.2 Å². The number of esters is 1.